The summed E-state index contributed by atoms with van der Waals surface area (Å²) in [6, 6.07) is 0. The molecule has 2 atom stereocenters. The molecule has 0 amide bonds. The fourth-order valence-electron chi connectivity index (χ4n) is 4.31. The molecule has 0 aliphatic carbocycles. The average Bonchev–Trinajstić information content (AvgIpc) is 3.07. The fraction of sp³-hybridized carbons (Fsp3) is 0.600. The van der Waals surface area contributed by atoms with Gasteiger partial charge in [0.1, 0.15) is 6.61 Å². The second-order valence-corrected chi connectivity index (χ2v) is 13.0. The molecule has 0 saturated carbocycles. The van der Waals surface area contributed by atoms with E-state index in [0.29, 0.717) is 12.8 Å². The molecule has 49 heavy (non-hydrogen) atoms. The van der Waals surface area contributed by atoms with Crippen molar-refractivity contribution in [2.75, 3.05) is 19.8 Å². The zero-order valence-electron chi connectivity index (χ0n) is 30.6. The minimum atomic E-state index is -4.31. The zero-order chi connectivity index (χ0) is 36.1. The van der Waals surface area contributed by atoms with E-state index >= 15 is 0 Å². The lowest BCUT2D eigenvalue weighted by Gasteiger charge is -2.19. The second kappa shape index (κ2) is 35.1. The van der Waals surface area contributed by atoms with Gasteiger partial charge in [0.15, 0.2) is 6.10 Å². The lowest BCUT2D eigenvalue weighted by molar-refractivity contribution is -0.160. The third kappa shape index (κ3) is 34.9. The van der Waals surface area contributed by atoms with Gasteiger partial charge in [0.05, 0.1) is 19.6 Å². The van der Waals surface area contributed by atoms with Crippen molar-refractivity contribution in [1.82, 2.24) is 0 Å². The monoisotopic (exact) mass is 704 g/mol. The molecule has 1 N–H and O–H groups in total. The zero-order valence-corrected chi connectivity index (χ0v) is 31.4. The molecule has 0 spiro atoms. The van der Waals surface area contributed by atoms with Gasteiger partial charge in [-0.15, -0.1) is 0 Å². The summed E-state index contributed by atoms with van der Waals surface area (Å²) in [4.78, 5) is 34.5. The number of unbranched alkanes of at least 4 members (excludes halogenated alkanes) is 7. The summed E-state index contributed by atoms with van der Waals surface area (Å²) in [5.74, 6) is -0.973. The molecular formula is C40H65O8P. The highest BCUT2D eigenvalue weighted by atomic mass is 31.2. The number of phosphoric ester groups is 1. The van der Waals surface area contributed by atoms with E-state index in [2.05, 4.69) is 80.7 Å². The first kappa shape index (κ1) is 46.2. The van der Waals surface area contributed by atoms with Gasteiger partial charge in [-0.2, -0.15) is 0 Å². The molecule has 0 aliphatic heterocycles. The first-order chi connectivity index (χ1) is 23.8. The standard InChI is InChI=1S/C40H65O8P/c1-4-7-9-11-13-15-17-19-21-23-25-27-29-31-33-35-40(42)48-38(37-47-49(43,44)46-6-3)36-45-39(41)34-32-30-28-26-24-22-20-18-16-14-12-10-8-5-2/h7,9,12-15,18-21,25,27,31,33,38H,4-6,8,10-11,16-17,22-24,26,28-30,32,34-37H2,1-3H3,(H,43,44)/b9-7-,14-12-,15-13-,20-18-,21-19-,27-25-,33-31-. The number of rotatable bonds is 32. The average molecular weight is 705 g/mol. The molecular weight excluding hydrogens is 639 g/mol. The predicted molar refractivity (Wildman–Crippen MR) is 202 cm³/mol. The Kier molecular flexibility index (Phi) is 33.1. The van der Waals surface area contributed by atoms with Crippen LogP contribution in [0.25, 0.3) is 0 Å². The molecule has 0 aromatic carbocycles. The number of ether oxygens (including phenoxy) is 2. The van der Waals surface area contributed by atoms with Crippen LogP contribution in [0, 0.1) is 0 Å². The molecule has 0 aromatic heterocycles. The maximum absolute atomic E-state index is 12.4. The highest BCUT2D eigenvalue weighted by Gasteiger charge is 2.25. The van der Waals surface area contributed by atoms with Gasteiger partial charge in [0.25, 0.3) is 0 Å². The van der Waals surface area contributed by atoms with Gasteiger partial charge in [-0.3, -0.25) is 18.6 Å². The van der Waals surface area contributed by atoms with E-state index in [0.717, 1.165) is 70.6 Å². The summed E-state index contributed by atoms with van der Waals surface area (Å²) in [5.41, 5.74) is 0. The van der Waals surface area contributed by atoms with Gasteiger partial charge in [-0.25, -0.2) is 4.57 Å². The van der Waals surface area contributed by atoms with Crippen molar-refractivity contribution >= 4 is 19.8 Å². The van der Waals surface area contributed by atoms with Gasteiger partial charge < -0.3 is 14.4 Å². The Balaban J connectivity index is 4.37. The van der Waals surface area contributed by atoms with E-state index in [1.165, 1.54) is 12.8 Å². The molecule has 0 bridgehead atoms. The summed E-state index contributed by atoms with van der Waals surface area (Å²) in [5, 5.41) is 0. The van der Waals surface area contributed by atoms with Crippen molar-refractivity contribution in [3.63, 3.8) is 0 Å². The van der Waals surface area contributed by atoms with Crippen LogP contribution in [0.1, 0.15) is 130 Å². The molecule has 0 radical (unpaired) electrons. The van der Waals surface area contributed by atoms with E-state index in [-0.39, 0.29) is 26.1 Å². The summed E-state index contributed by atoms with van der Waals surface area (Å²) >= 11 is 0. The number of phosphoric acid groups is 1. The smallest absolute Gasteiger partial charge is 0.462 e. The van der Waals surface area contributed by atoms with Crippen molar-refractivity contribution in [2.24, 2.45) is 0 Å². The van der Waals surface area contributed by atoms with Crippen molar-refractivity contribution in [3.05, 3.63) is 85.1 Å². The first-order valence-corrected chi connectivity index (χ1v) is 19.9. The molecule has 0 fully saturated rings. The molecule has 0 aliphatic rings. The van der Waals surface area contributed by atoms with Crippen LogP contribution in [0.3, 0.4) is 0 Å². The Labute approximate surface area is 297 Å². The SMILES string of the molecule is CC/C=C\C/C=C\C/C=C\C/C=C\C/C=C\CC(=O)OC(COC(=O)CCCCCCC/C=C\C/C=C\CCCC)COP(=O)(O)OCC. The molecule has 0 aromatic rings. The summed E-state index contributed by atoms with van der Waals surface area (Å²) in [6.07, 6.45) is 43.8. The largest absolute Gasteiger partial charge is 0.472 e. The Morgan fingerprint density at radius 2 is 1.10 bits per heavy atom. The maximum atomic E-state index is 12.4. The van der Waals surface area contributed by atoms with Crippen molar-refractivity contribution < 1.29 is 37.6 Å². The normalized spacial score (nSPS) is 14.4. The van der Waals surface area contributed by atoms with E-state index in [1.54, 1.807) is 13.0 Å². The first-order valence-electron chi connectivity index (χ1n) is 18.4. The lowest BCUT2D eigenvalue weighted by Crippen LogP contribution is -2.29. The Hall–Kier alpha value is -2.77. The number of hydrogen-bond acceptors (Lipinski definition) is 7. The molecule has 0 heterocycles. The van der Waals surface area contributed by atoms with Crippen LogP contribution in [0.5, 0.6) is 0 Å². The van der Waals surface area contributed by atoms with Crippen LogP contribution >= 0.6 is 7.82 Å². The molecule has 278 valence electrons. The van der Waals surface area contributed by atoms with Gasteiger partial charge in [0, 0.05) is 6.42 Å². The number of hydrogen-bond donors (Lipinski definition) is 1. The number of carbonyl (C=O) groups excluding carboxylic acids is 2. The van der Waals surface area contributed by atoms with Crippen LogP contribution in [0.2, 0.25) is 0 Å². The van der Waals surface area contributed by atoms with Gasteiger partial charge in [0.2, 0.25) is 0 Å². The minimum absolute atomic E-state index is 0.00605. The van der Waals surface area contributed by atoms with Gasteiger partial charge in [-0.05, 0) is 71.1 Å². The van der Waals surface area contributed by atoms with Gasteiger partial charge >= 0.3 is 19.8 Å². The molecule has 8 nitrogen and oxygen atoms in total. The van der Waals surface area contributed by atoms with E-state index in [9.17, 15) is 19.0 Å². The highest BCUT2D eigenvalue weighted by molar-refractivity contribution is 7.47. The van der Waals surface area contributed by atoms with Crippen LogP contribution in [0.15, 0.2) is 85.1 Å². The number of esters is 2. The molecule has 2 unspecified atom stereocenters. The van der Waals surface area contributed by atoms with Crippen molar-refractivity contribution in [2.45, 2.75) is 136 Å². The highest BCUT2D eigenvalue weighted by Crippen LogP contribution is 2.43. The minimum Gasteiger partial charge on any atom is -0.462 e. The number of allylic oxidation sites excluding steroid dienone is 13. The van der Waals surface area contributed by atoms with E-state index < -0.39 is 32.5 Å². The predicted octanol–water partition coefficient (Wildman–Crippen LogP) is 11.2. The Morgan fingerprint density at radius 1 is 0.592 bits per heavy atom. The fourth-order valence-corrected chi connectivity index (χ4v) is 5.06. The summed E-state index contributed by atoms with van der Waals surface area (Å²) in [7, 11) is -4.31. The van der Waals surface area contributed by atoms with Crippen molar-refractivity contribution in [3.8, 4) is 0 Å². The topological polar surface area (TPSA) is 108 Å². The lowest BCUT2D eigenvalue weighted by atomic mass is 10.1. The van der Waals surface area contributed by atoms with Crippen LogP contribution in [-0.4, -0.2) is 42.8 Å². The Bertz CT molecular complexity index is 1070. The summed E-state index contributed by atoms with van der Waals surface area (Å²) < 4.78 is 32.3. The molecule has 9 heteroatoms. The Morgan fingerprint density at radius 3 is 1.67 bits per heavy atom. The van der Waals surface area contributed by atoms with Crippen LogP contribution in [-0.2, 0) is 32.7 Å². The van der Waals surface area contributed by atoms with E-state index in [1.807, 2.05) is 12.2 Å². The molecule has 0 rings (SSSR count). The second-order valence-electron chi connectivity index (χ2n) is 11.5. The third-order valence-electron chi connectivity index (χ3n) is 6.97. The van der Waals surface area contributed by atoms with Crippen LogP contribution in [0.4, 0.5) is 0 Å². The molecule has 0 saturated heterocycles. The quantitative estimate of drug-likeness (QED) is 0.0319. The van der Waals surface area contributed by atoms with Crippen molar-refractivity contribution in [1.29, 1.82) is 0 Å². The van der Waals surface area contributed by atoms with Crippen LogP contribution < -0.4 is 0 Å². The summed E-state index contributed by atoms with van der Waals surface area (Å²) in [6.45, 7) is 5.15. The van der Waals surface area contributed by atoms with Gasteiger partial charge in [-0.1, -0.05) is 131 Å². The number of carbonyl (C=O) groups is 2. The van der Waals surface area contributed by atoms with E-state index in [4.69, 9.17) is 18.5 Å². The third-order valence-corrected chi connectivity index (χ3v) is 8.03. The maximum Gasteiger partial charge on any atom is 0.472 e.